The van der Waals surface area contributed by atoms with Gasteiger partial charge in [-0.1, -0.05) is 11.6 Å². The minimum absolute atomic E-state index is 0.165. The lowest BCUT2D eigenvalue weighted by Crippen LogP contribution is -2.36. The quantitative estimate of drug-likeness (QED) is 0.826. The molecule has 2 bridgehead atoms. The topological polar surface area (TPSA) is 48.1 Å². The molecule has 2 aromatic rings. The minimum atomic E-state index is 0.165. The van der Waals surface area contributed by atoms with Crippen LogP contribution in [0.1, 0.15) is 36.9 Å². The number of likely N-dealkylation sites (tertiary alicyclic amines) is 1. The van der Waals surface area contributed by atoms with Gasteiger partial charge in [0.05, 0.1) is 0 Å². The standard InChI is InChI=1S/C20H26ClN3O/c1-13-17(18-11-15(21)3-5-19(18)23-13)6-8-22-20(25)7-9-24-12-14-2-4-16(24)10-14/h3,5,11,14,16,23H,2,4,6-10,12H2,1H3,(H,22,25)/t14-,16+/m1/s1. The SMILES string of the molecule is Cc1[nH]c2ccc(Cl)cc2c1CCNC(=O)CCN1C[C@@H]2CC[C@H]1C2. The molecular weight excluding hydrogens is 334 g/mol. The number of hydrogen-bond acceptors (Lipinski definition) is 2. The first-order valence-electron chi connectivity index (χ1n) is 9.37. The van der Waals surface area contributed by atoms with Crippen molar-refractivity contribution in [3.63, 3.8) is 0 Å². The average molecular weight is 360 g/mol. The van der Waals surface area contributed by atoms with E-state index in [0.29, 0.717) is 13.0 Å². The van der Waals surface area contributed by atoms with E-state index in [0.717, 1.165) is 46.5 Å². The Morgan fingerprint density at radius 3 is 3.04 bits per heavy atom. The monoisotopic (exact) mass is 359 g/mol. The number of carbonyl (C=O) groups is 1. The number of halogens is 1. The van der Waals surface area contributed by atoms with Crippen LogP contribution in [0.15, 0.2) is 18.2 Å². The highest BCUT2D eigenvalue weighted by atomic mass is 35.5. The van der Waals surface area contributed by atoms with Gasteiger partial charge in [-0.25, -0.2) is 0 Å². The summed E-state index contributed by atoms with van der Waals surface area (Å²) < 4.78 is 0. The van der Waals surface area contributed by atoms with Crippen molar-refractivity contribution in [1.82, 2.24) is 15.2 Å². The summed E-state index contributed by atoms with van der Waals surface area (Å²) in [5.41, 5.74) is 3.50. The molecule has 25 heavy (non-hydrogen) atoms. The van der Waals surface area contributed by atoms with Gasteiger partial charge in [0.25, 0.3) is 0 Å². The Balaban J connectivity index is 1.27. The van der Waals surface area contributed by atoms with Crippen LogP contribution in [0.25, 0.3) is 10.9 Å². The van der Waals surface area contributed by atoms with Gasteiger partial charge in [0.15, 0.2) is 0 Å². The molecule has 4 rings (SSSR count). The number of amides is 1. The van der Waals surface area contributed by atoms with Crippen LogP contribution >= 0.6 is 11.6 Å². The van der Waals surface area contributed by atoms with Gasteiger partial charge >= 0.3 is 0 Å². The van der Waals surface area contributed by atoms with Crippen LogP contribution < -0.4 is 5.32 Å². The van der Waals surface area contributed by atoms with Crippen molar-refractivity contribution >= 4 is 28.4 Å². The molecule has 134 valence electrons. The zero-order valence-electron chi connectivity index (χ0n) is 14.8. The summed E-state index contributed by atoms with van der Waals surface area (Å²) >= 11 is 6.13. The predicted octanol–water partition coefficient (Wildman–Crippen LogP) is 3.66. The summed E-state index contributed by atoms with van der Waals surface area (Å²) in [4.78, 5) is 18.1. The Morgan fingerprint density at radius 1 is 1.40 bits per heavy atom. The normalized spacial score (nSPS) is 22.8. The lowest BCUT2D eigenvalue weighted by molar-refractivity contribution is -0.121. The zero-order valence-corrected chi connectivity index (χ0v) is 15.5. The van der Waals surface area contributed by atoms with Crippen molar-refractivity contribution in [3.05, 3.63) is 34.5 Å². The number of hydrogen-bond donors (Lipinski definition) is 2. The molecule has 0 radical (unpaired) electrons. The molecule has 4 nitrogen and oxygen atoms in total. The molecule has 2 heterocycles. The highest BCUT2D eigenvalue weighted by molar-refractivity contribution is 6.31. The fourth-order valence-electron chi connectivity index (χ4n) is 4.64. The van der Waals surface area contributed by atoms with Crippen molar-refractivity contribution < 1.29 is 4.79 Å². The highest BCUT2D eigenvalue weighted by Crippen LogP contribution is 2.37. The molecule has 2 N–H and O–H groups in total. The molecule has 1 aromatic heterocycles. The van der Waals surface area contributed by atoms with Crippen molar-refractivity contribution in [2.75, 3.05) is 19.6 Å². The molecule has 1 aliphatic carbocycles. The van der Waals surface area contributed by atoms with Gasteiger partial charge in [-0.3, -0.25) is 9.69 Å². The van der Waals surface area contributed by atoms with Crippen molar-refractivity contribution in [2.45, 2.75) is 45.1 Å². The van der Waals surface area contributed by atoms with Gasteiger partial charge in [-0.2, -0.15) is 0 Å². The maximum absolute atomic E-state index is 12.2. The number of H-pyrrole nitrogens is 1. The zero-order chi connectivity index (χ0) is 17.4. The van der Waals surface area contributed by atoms with Crippen LogP contribution in [0.5, 0.6) is 0 Å². The van der Waals surface area contributed by atoms with E-state index in [-0.39, 0.29) is 5.91 Å². The second-order valence-corrected chi connectivity index (χ2v) is 8.03. The number of benzene rings is 1. The van der Waals surface area contributed by atoms with Crippen molar-refractivity contribution in [2.24, 2.45) is 5.92 Å². The first kappa shape index (κ1) is 16.9. The lowest BCUT2D eigenvalue weighted by atomic mass is 10.1. The number of carbonyl (C=O) groups excluding carboxylic acids is 1. The maximum Gasteiger partial charge on any atom is 0.221 e. The lowest BCUT2D eigenvalue weighted by Gasteiger charge is -2.26. The van der Waals surface area contributed by atoms with E-state index in [2.05, 4.69) is 22.1 Å². The smallest absolute Gasteiger partial charge is 0.221 e. The molecule has 1 saturated carbocycles. The minimum Gasteiger partial charge on any atom is -0.358 e. The maximum atomic E-state index is 12.2. The summed E-state index contributed by atoms with van der Waals surface area (Å²) in [6, 6.07) is 6.66. The molecule has 0 unspecified atom stereocenters. The average Bonchev–Trinajstić information content (AvgIpc) is 3.28. The highest BCUT2D eigenvalue weighted by Gasteiger charge is 2.37. The van der Waals surface area contributed by atoms with Gasteiger partial charge in [-0.15, -0.1) is 0 Å². The second kappa shape index (κ2) is 7.00. The van der Waals surface area contributed by atoms with E-state index in [1.54, 1.807) is 0 Å². The van der Waals surface area contributed by atoms with Crippen LogP contribution in [-0.4, -0.2) is 41.5 Å². The first-order chi connectivity index (χ1) is 12.1. The van der Waals surface area contributed by atoms with Gasteiger partial charge < -0.3 is 10.3 Å². The van der Waals surface area contributed by atoms with Crippen molar-refractivity contribution in [3.8, 4) is 0 Å². The number of rotatable bonds is 6. The van der Waals surface area contributed by atoms with Crippen molar-refractivity contribution in [1.29, 1.82) is 0 Å². The third-order valence-electron chi connectivity index (χ3n) is 5.93. The van der Waals surface area contributed by atoms with Crippen LogP contribution in [0, 0.1) is 12.8 Å². The molecule has 5 heteroatoms. The molecular formula is C20H26ClN3O. The van der Waals surface area contributed by atoms with Gasteiger partial charge in [-0.05, 0) is 62.3 Å². The van der Waals surface area contributed by atoms with Crippen LogP contribution in [-0.2, 0) is 11.2 Å². The summed E-state index contributed by atoms with van der Waals surface area (Å²) in [5, 5.41) is 4.99. The Kier molecular flexibility index (Phi) is 4.74. The molecule has 1 saturated heterocycles. The number of aromatic nitrogens is 1. The van der Waals surface area contributed by atoms with E-state index in [9.17, 15) is 4.79 Å². The van der Waals surface area contributed by atoms with E-state index in [1.165, 1.54) is 31.4 Å². The molecule has 2 aliphatic rings. The van der Waals surface area contributed by atoms with Gasteiger partial charge in [0.2, 0.25) is 5.91 Å². The van der Waals surface area contributed by atoms with E-state index >= 15 is 0 Å². The molecule has 2 fully saturated rings. The third kappa shape index (κ3) is 3.56. The molecule has 1 aromatic carbocycles. The van der Waals surface area contributed by atoms with E-state index < -0.39 is 0 Å². The van der Waals surface area contributed by atoms with Crippen LogP contribution in [0.2, 0.25) is 5.02 Å². The van der Waals surface area contributed by atoms with Crippen LogP contribution in [0.3, 0.4) is 0 Å². The summed E-state index contributed by atoms with van der Waals surface area (Å²) in [6.07, 6.45) is 5.51. The van der Waals surface area contributed by atoms with Gasteiger partial charge in [0.1, 0.15) is 0 Å². The predicted molar refractivity (Wildman–Crippen MR) is 102 cm³/mol. The Morgan fingerprint density at radius 2 is 2.28 bits per heavy atom. The fraction of sp³-hybridized carbons (Fsp3) is 0.550. The number of nitrogens with one attached hydrogen (secondary N) is 2. The number of piperidine rings is 1. The summed E-state index contributed by atoms with van der Waals surface area (Å²) in [5.74, 6) is 1.06. The second-order valence-electron chi connectivity index (χ2n) is 7.60. The first-order valence-corrected chi connectivity index (χ1v) is 9.75. The largest absolute Gasteiger partial charge is 0.358 e. The van der Waals surface area contributed by atoms with Gasteiger partial charge in [0, 0.05) is 53.7 Å². The fourth-order valence-corrected chi connectivity index (χ4v) is 4.81. The molecule has 0 spiro atoms. The summed E-state index contributed by atoms with van der Waals surface area (Å²) in [6.45, 7) is 4.86. The van der Waals surface area contributed by atoms with E-state index in [4.69, 9.17) is 11.6 Å². The number of aromatic amines is 1. The number of nitrogens with zero attached hydrogens (tertiary/aromatic N) is 1. The Hall–Kier alpha value is -1.52. The molecule has 2 atom stereocenters. The Bertz CT molecular complexity index is 785. The molecule has 1 amide bonds. The van der Waals surface area contributed by atoms with E-state index in [1.807, 2.05) is 18.2 Å². The summed E-state index contributed by atoms with van der Waals surface area (Å²) in [7, 11) is 0. The molecule has 1 aliphatic heterocycles. The number of fused-ring (bicyclic) bond motifs is 3. The third-order valence-corrected chi connectivity index (χ3v) is 6.16. The van der Waals surface area contributed by atoms with Crippen LogP contribution in [0.4, 0.5) is 0 Å². The Labute approximate surface area is 153 Å². The number of aryl methyl sites for hydroxylation is 1.